The third-order valence-corrected chi connectivity index (χ3v) is 4.00. The summed E-state index contributed by atoms with van der Waals surface area (Å²) in [6.45, 7) is 7.27. The van der Waals surface area contributed by atoms with Crippen molar-refractivity contribution in [2.24, 2.45) is 0 Å². The molecule has 0 aromatic rings. The van der Waals surface area contributed by atoms with Crippen LogP contribution < -0.4 is 5.32 Å². The van der Waals surface area contributed by atoms with Gasteiger partial charge in [0.2, 0.25) is 0 Å². The maximum absolute atomic E-state index is 6.00. The van der Waals surface area contributed by atoms with E-state index >= 15 is 0 Å². The van der Waals surface area contributed by atoms with Crippen molar-refractivity contribution < 1.29 is 9.47 Å². The van der Waals surface area contributed by atoms with Crippen molar-refractivity contribution in [1.82, 2.24) is 10.2 Å². The first-order valence-corrected chi connectivity index (χ1v) is 7.44. The molecule has 2 saturated heterocycles. The maximum Gasteiger partial charge on any atom is 0.0814 e. The normalized spacial score (nSPS) is 31.0. The van der Waals surface area contributed by atoms with Crippen molar-refractivity contribution in [2.45, 2.75) is 50.9 Å². The molecule has 2 fully saturated rings. The maximum atomic E-state index is 6.00. The summed E-state index contributed by atoms with van der Waals surface area (Å²) < 4.78 is 12.0. The first-order valence-electron chi connectivity index (χ1n) is 7.44. The predicted octanol–water partition coefficient (Wildman–Crippen LogP) is 1.25. The summed E-state index contributed by atoms with van der Waals surface area (Å²) in [7, 11) is 2.18. The van der Waals surface area contributed by atoms with Crippen LogP contribution in [0.2, 0.25) is 0 Å². The van der Waals surface area contributed by atoms with E-state index in [0.29, 0.717) is 18.3 Å². The smallest absolute Gasteiger partial charge is 0.0814 e. The zero-order chi connectivity index (χ0) is 12.8. The molecule has 2 heterocycles. The highest BCUT2D eigenvalue weighted by Crippen LogP contribution is 2.21. The van der Waals surface area contributed by atoms with Gasteiger partial charge >= 0.3 is 0 Å². The molecule has 0 radical (unpaired) electrons. The SMILES string of the molecule is CCNCC1CCC(COC2CCN(C)CC2)O1. The molecule has 0 amide bonds. The fraction of sp³-hybridized carbons (Fsp3) is 1.00. The molecule has 2 unspecified atom stereocenters. The summed E-state index contributed by atoms with van der Waals surface area (Å²) in [6.07, 6.45) is 5.85. The van der Waals surface area contributed by atoms with Crippen LogP contribution in [0.3, 0.4) is 0 Å². The van der Waals surface area contributed by atoms with Gasteiger partial charge in [0, 0.05) is 19.6 Å². The molecular weight excluding hydrogens is 228 g/mol. The van der Waals surface area contributed by atoms with Crippen LogP contribution >= 0.6 is 0 Å². The quantitative estimate of drug-likeness (QED) is 0.775. The molecule has 0 bridgehead atoms. The Hall–Kier alpha value is -0.160. The van der Waals surface area contributed by atoms with Crippen LogP contribution in [0.1, 0.15) is 32.6 Å². The predicted molar refractivity (Wildman–Crippen MR) is 72.9 cm³/mol. The zero-order valence-corrected chi connectivity index (χ0v) is 11.9. The van der Waals surface area contributed by atoms with Gasteiger partial charge in [-0.3, -0.25) is 0 Å². The van der Waals surface area contributed by atoms with Gasteiger partial charge in [-0.2, -0.15) is 0 Å². The van der Waals surface area contributed by atoms with Crippen LogP contribution in [0.5, 0.6) is 0 Å². The third-order valence-electron chi connectivity index (χ3n) is 4.00. The Kier molecular flexibility index (Phi) is 5.89. The van der Waals surface area contributed by atoms with Gasteiger partial charge in [0.05, 0.1) is 24.9 Å². The molecule has 0 aliphatic carbocycles. The average Bonchev–Trinajstić information content (AvgIpc) is 2.84. The molecule has 0 aromatic heterocycles. The number of hydrogen-bond donors (Lipinski definition) is 1. The Morgan fingerprint density at radius 1 is 1.17 bits per heavy atom. The Morgan fingerprint density at radius 3 is 2.61 bits per heavy atom. The van der Waals surface area contributed by atoms with Gasteiger partial charge in [-0.1, -0.05) is 6.92 Å². The number of likely N-dealkylation sites (N-methyl/N-ethyl adjacent to an activating group) is 1. The molecular formula is C14H28N2O2. The van der Waals surface area contributed by atoms with Gasteiger partial charge in [-0.15, -0.1) is 0 Å². The van der Waals surface area contributed by atoms with Crippen molar-refractivity contribution in [3.63, 3.8) is 0 Å². The molecule has 2 atom stereocenters. The van der Waals surface area contributed by atoms with E-state index in [1.807, 2.05) is 0 Å². The van der Waals surface area contributed by atoms with Crippen molar-refractivity contribution in [3.05, 3.63) is 0 Å². The standard InChI is InChI=1S/C14H28N2O2/c1-3-15-10-13-4-5-14(18-13)11-17-12-6-8-16(2)9-7-12/h12-15H,3-11H2,1-2H3. The van der Waals surface area contributed by atoms with Crippen molar-refractivity contribution in [2.75, 3.05) is 39.8 Å². The highest BCUT2D eigenvalue weighted by atomic mass is 16.5. The minimum Gasteiger partial charge on any atom is -0.375 e. The number of ether oxygens (including phenoxy) is 2. The van der Waals surface area contributed by atoms with E-state index in [2.05, 4.69) is 24.2 Å². The lowest BCUT2D eigenvalue weighted by molar-refractivity contribution is -0.0549. The molecule has 2 aliphatic heterocycles. The third kappa shape index (κ3) is 4.50. The molecule has 0 saturated carbocycles. The highest BCUT2D eigenvalue weighted by molar-refractivity contribution is 4.76. The molecule has 0 aromatic carbocycles. The summed E-state index contributed by atoms with van der Waals surface area (Å²) in [5, 5.41) is 3.35. The van der Waals surface area contributed by atoms with E-state index in [-0.39, 0.29) is 0 Å². The lowest BCUT2D eigenvalue weighted by atomic mass is 10.1. The van der Waals surface area contributed by atoms with Gasteiger partial charge in [0.1, 0.15) is 0 Å². The number of nitrogens with zero attached hydrogens (tertiary/aromatic N) is 1. The van der Waals surface area contributed by atoms with Crippen molar-refractivity contribution >= 4 is 0 Å². The summed E-state index contributed by atoms with van der Waals surface area (Å²) >= 11 is 0. The molecule has 4 nitrogen and oxygen atoms in total. The summed E-state index contributed by atoms with van der Waals surface area (Å²) in [4.78, 5) is 2.37. The molecule has 2 aliphatic rings. The van der Waals surface area contributed by atoms with Gasteiger partial charge in [0.25, 0.3) is 0 Å². The fourth-order valence-corrected chi connectivity index (χ4v) is 2.75. The number of likely N-dealkylation sites (tertiary alicyclic amines) is 1. The van der Waals surface area contributed by atoms with E-state index in [1.54, 1.807) is 0 Å². The summed E-state index contributed by atoms with van der Waals surface area (Å²) in [5.41, 5.74) is 0. The van der Waals surface area contributed by atoms with E-state index in [1.165, 1.54) is 32.4 Å². The molecule has 18 heavy (non-hydrogen) atoms. The van der Waals surface area contributed by atoms with E-state index < -0.39 is 0 Å². The Labute approximate surface area is 111 Å². The minimum atomic E-state index is 0.327. The van der Waals surface area contributed by atoms with Gasteiger partial charge in [0.15, 0.2) is 0 Å². The average molecular weight is 256 g/mol. The Balaban J connectivity index is 1.57. The number of piperidine rings is 1. The molecule has 2 rings (SSSR count). The number of rotatable bonds is 6. The van der Waals surface area contributed by atoms with Crippen LogP contribution in [0, 0.1) is 0 Å². The van der Waals surface area contributed by atoms with Crippen LogP contribution in [0.4, 0.5) is 0 Å². The first-order chi connectivity index (χ1) is 8.78. The molecule has 1 N–H and O–H groups in total. The minimum absolute atomic E-state index is 0.327. The second kappa shape index (κ2) is 7.43. The summed E-state index contributed by atoms with van der Waals surface area (Å²) in [5.74, 6) is 0. The lowest BCUT2D eigenvalue weighted by Crippen LogP contribution is -2.35. The van der Waals surface area contributed by atoms with Crippen LogP contribution in [0.25, 0.3) is 0 Å². The van der Waals surface area contributed by atoms with Gasteiger partial charge < -0.3 is 19.7 Å². The second-order valence-corrected chi connectivity index (χ2v) is 5.60. The number of hydrogen-bond acceptors (Lipinski definition) is 4. The molecule has 0 spiro atoms. The van der Waals surface area contributed by atoms with E-state index in [4.69, 9.17) is 9.47 Å². The summed E-state index contributed by atoms with van der Waals surface area (Å²) in [6, 6.07) is 0. The Bertz CT molecular complexity index is 230. The second-order valence-electron chi connectivity index (χ2n) is 5.60. The van der Waals surface area contributed by atoms with Crippen molar-refractivity contribution in [3.8, 4) is 0 Å². The number of nitrogens with one attached hydrogen (secondary N) is 1. The zero-order valence-electron chi connectivity index (χ0n) is 11.9. The van der Waals surface area contributed by atoms with E-state index in [0.717, 1.165) is 26.1 Å². The Morgan fingerprint density at radius 2 is 1.89 bits per heavy atom. The molecule has 4 heteroatoms. The highest BCUT2D eigenvalue weighted by Gasteiger charge is 2.26. The van der Waals surface area contributed by atoms with Crippen LogP contribution in [-0.2, 0) is 9.47 Å². The molecule has 106 valence electrons. The largest absolute Gasteiger partial charge is 0.375 e. The van der Waals surface area contributed by atoms with E-state index in [9.17, 15) is 0 Å². The van der Waals surface area contributed by atoms with Crippen LogP contribution in [0.15, 0.2) is 0 Å². The first kappa shape index (κ1) is 14.3. The monoisotopic (exact) mass is 256 g/mol. The lowest BCUT2D eigenvalue weighted by Gasteiger charge is -2.29. The van der Waals surface area contributed by atoms with Crippen LogP contribution in [-0.4, -0.2) is 63.0 Å². The van der Waals surface area contributed by atoms with Crippen molar-refractivity contribution in [1.29, 1.82) is 0 Å². The van der Waals surface area contributed by atoms with Gasteiger partial charge in [-0.05, 0) is 39.3 Å². The fourth-order valence-electron chi connectivity index (χ4n) is 2.75. The van der Waals surface area contributed by atoms with Gasteiger partial charge in [-0.25, -0.2) is 0 Å². The topological polar surface area (TPSA) is 33.7 Å².